The number of carbonyl (C=O) groups is 2. The summed E-state index contributed by atoms with van der Waals surface area (Å²) >= 11 is 0. The second-order valence-corrected chi connectivity index (χ2v) is 7.07. The summed E-state index contributed by atoms with van der Waals surface area (Å²) in [4.78, 5) is 31.7. The molecule has 1 aromatic heterocycles. The minimum atomic E-state index is -0.265. The first-order chi connectivity index (χ1) is 13.1. The summed E-state index contributed by atoms with van der Waals surface area (Å²) in [5, 5.41) is 2.90. The van der Waals surface area contributed by atoms with E-state index < -0.39 is 0 Å². The van der Waals surface area contributed by atoms with Gasteiger partial charge in [-0.3, -0.25) is 9.59 Å². The zero-order chi connectivity index (χ0) is 19.2. The van der Waals surface area contributed by atoms with E-state index in [0.717, 1.165) is 43.4 Å². The van der Waals surface area contributed by atoms with Crippen molar-refractivity contribution in [2.45, 2.75) is 52.1 Å². The quantitative estimate of drug-likeness (QED) is 0.878. The lowest BCUT2D eigenvalue weighted by atomic mass is 9.99. The van der Waals surface area contributed by atoms with Crippen molar-refractivity contribution in [2.75, 3.05) is 6.54 Å². The van der Waals surface area contributed by atoms with Gasteiger partial charge in [0.2, 0.25) is 0 Å². The van der Waals surface area contributed by atoms with Gasteiger partial charge in [-0.05, 0) is 55.9 Å². The van der Waals surface area contributed by atoms with E-state index in [1.807, 2.05) is 36.1 Å². The van der Waals surface area contributed by atoms with E-state index >= 15 is 0 Å². The average molecular weight is 365 g/mol. The highest BCUT2D eigenvalue weighted by Crippen LogP contribution is 2.21. The van der Waals surface area contributed by atoms with Crippen molar-refractivity contribution in [3.63, 3.8) is 0 Å². The molecule has 2 heterocycles. The van der Waals surface area contributed by atoms with Crippen LogP contribution in [0.15, 0.2) is 42.5 Å². The highest BCUT2D eigenvalue weighted by atomic mass is 16.2. The number of nitrogens with one attached hydrogen (secondary N) is 1. The molecule has 2 amide bonds. The Kier molecular flexibility index (Phi) is 6.22. The molecule has 142 valence electrons. The molecule has 1 fully saturated rings. The number of carbonyl (C=O) groups excluding carboxylic acids is 2. The maximum absolute atomic E-state index is 12.9. The number of pyridine rings is 1. The Balaban J connectivity index is 1.70. The first-order valence-corrected chi connectivity index (χ1v) is 9.71. The molecule has 5 heteroatoms. The second-order valence-electron chi connectivity index (χ2n) is 7.07. The molecular weight excluding hydrogens is 338 g/mol. The number of likely N-dealkylation sites (tertiary alicyclic amines) is 1. The first-order valence-electron chi connectivity index (χ1n) is 9.71. The largest absolute Gasteiger partial charge is 0.347 e. The summed E-state index contributed by atoms with van der Waals surface area (Å²) < 4.78 is 0. The van der Waals surface area contributed by atoms with E-state index in [2.05, 4.69) is 17.2 Å². The lowest BCUT2D eigenvalue weighted by molar-refractivity contribution is 0.0602. The van der Waals surface area contributed by atoms with Crippen molar-refractivity contribution < 1.29 is 9.59 Å². The SMILES string of the molecule is CCC1CCCCN1C(=O)c1cccc(C(=O)NCc2ccccc2C)n1. The van der Waals surface area contributed by atoms with E-state index in [9.17, 15) is 9.59 Å². The number of hydrogen-bond acceptors (Lipinski definition) is 3. The Hall–Kier alpha value is -2.69. The van der Waals surface area contributed by atoms with E-state index in [0.29, 0.717) is 12.2 Å². The number of piperidine rings is 1. The second kappa shape index (κ2) is 8.80. The monoisotopic (exact) mass is 365 g/mol. The number of hydrogen-bond donors (Lipinski definition) is 1. The van der Waals surface area contributed by atoms with Crippen molar-refractivity contribution in [2.24, 2.45) is 0 Å². The van der Waals surface area contributed by atoms with Crippen LogP contribution in [-0.2, 0) is 6.54 Å². The van der Waals surface area contributed by atoms with Gasteiger partial charge in [-0.15, -0.1) is 0 Å². The van der Waals surface area contributed by atoms with Crippen LogP contribution in [0.4, 0.5) is 0 Å². The van der Waals surface area contributed by atoms with Gasteiger partial charge in [0.25, 0.3) is 11.8 Å². The number of nitrogens with zero attached hydrogens (tertiary/aromatic N) is 2. The van der Waals surface area contributed by atoms with Gasteiger partial charge < -0.3 is 10.2 Å². The topological polar surface area (TPSA) is 62.3 Å². The molecule has 0 aliphatic carbocycles. The first kappa shape index (κ1) is 19.1. The van der Waals surface area contributed by atoms with Crippen LogP contribution in [0.25, 0.3) is 0 Å². The van der Waals surface area contributed by atoms with Gasteiger partial charge in [-0.2, -0.15) is 0 Å². The summed E-state index contributed by atoms with van der Waals surface area (Å²) in [6.45, 7) is 5.33. The van der Waals surface area contributed by atoms with E-state index in [-0.39, 0.29) is 23.6 Å². The van der Waals surface area contributed by atoms with Crippen LogP contribution in [0.1, 0.15) is 64.7 Å². The molecule has 0 spiro atoms. The van der Waals surface area contributed by atoms with Crippen molar-refractivity contribution in [3.8, 4) is 0 Å². The molecule has 1 N–H and O–H groups in total. The van der Waals surface area contributed by atoms with Gasteiger partial charge in [-0.25, -0.2) is 4.98 Å². The maximum Gasteiger partial charge on any atom is 0.272 e. The molecule has 0 radical (unpaired) electrons. The third kappa shape index (κ3) is 4.54. The van der Waals surface area contributed by atoms with Crippen LogP contribution < -0.4 is 5.32 Å². The summed E-state index contributed by atoms with van der Waals surface area (Å²) in [5.41, 5.74) is 2.82. The van der Waals surface area contributed by atoms with Gasteiger partial charge in [0.1, 0.15) is 11.4 Å². The van der Waals surface area contributed by atoms with Gasteiger partial charge in [0.15, 0.2) is 0 Å². The lowest BCUT2D eigenvalue weighted by Gasteiger charge is -2.35. The number of aryl methyl sites for hydroxylation is 1. The molecule has 1 aliphatic heterocycles. The third-order valence-corrected chi connectivity index (χ3v) is 5.26. The van der Waals surface area contributed by atoms with Crippen molar-refractivity contribution in [1.82, 2.24) is 15.2 Å². The van der Waals surface area contributed by atoms with E-state index in [1.54, 1.807) is 18.2 Å². The summed E-state index contributed by atoms with van der Waals surface area (Å²) in [5.74, 6) is -0.339. The Bertz CT molecular complexity index is 819. The Morgan fingerprint density at radius 3 is 2.67 bits per heavy atom. The number of amides is 2. The van der Waals surface area contributed by atoms with Gasteiger partial charge >= 0.3 is 0 Å². The molecule has 1 atom stereocenters. The Morgan fingerprint density at radius 1 is 1.11 bits per heavy atom. The highest BCUT2D eigenvalue weighted by molar-refractivity contribution is 5.96. The van der Waals surface area contributed by atoms with Crippen LogP contribution >= 0.6 is 0 Å². The number of aromatic nitrogens is 1. The zero-order valence-corrected chi connectivity index (χ0v) is 16.1. The fraction of sp³-hybridized carbons (Fsp3) is 0.409. The molecule has 5 nitrogen and oxygen atoms in total. The Labute approximate surface area is 160 Å². The van der Waals surface area contributed by atoms with Crippen LogP contribution in [-0.4, -0.2) is 34.3 Å². The Morgan fingerprint density at radius 2 is 1.89 bits per heavy atom. The van der Waals surface area contributed by atoms with E-state index in [1.165, 1.54) is 0 Å². The maximum atomic E-state index is 12.9. The fourth-order valence-corrected chi connectivity index (χ4v) is 3.59. The van der Waals surface area contributed by atoms with Crippen LogP contribution in [0.3, 0.4) is 0 Å². The standard InChI is InChI=1S/C22H27N3O2/c1-3-18-11-6-7-14-25(18)22(27)20-13-8-12-19(24-20)21(26)23-15-17-10-5-4-9-16(17)2/h4-5,8-10,12-13,18H,3,6-7,11,14-15H2,1-2H3,(H,23,26). The lowest BCUT2D eigenvalue weighted by Crippen LogP contribution is -2.43. The fourth-order valence-electron chi connectivity index (χ4n) is 3.59. The summed E-state index contributed by atoms with van der Waals surface area (Å²) in [6.07, 6.45) is 4.18. The molecule has 1 aromatic carbocycles. The minimum absolute atomic E-state index is 0.0740. The molecular formula is C22H27N3O2. The van der Waals surface area contributed by atoms with Crippen molar-refractivity contribution in [3.05, 3.63) is 65.0 Å². The molecule has 0 bridgehead atoms. The summed E-state index contributed by atoms with van der Waals surface area (Å²) in [6, 6.07) is 13.3. The van der Waals surface area contributed by atoms with E-state index in [4.69, 9.17) is 0 Å². The zero-order valence-electron chi connectivity index (χ0n) is 16.1. The highest BCUT2D eigenvalue weighted by Gasteiger charge is 2.27. The molecule has 0 saturated carbocycles. The molecule has 2 aromatic rings. The van der Waals surface area contributed by atoms with Gasteiger partial charge in [0.05, 0.1) is 0 Å². The molecule has 3 rings (SSSR count). The minimum Gasteiger partial charge on any atom is -0.347 e. The number of benzene rings is 1. The molecule has 1 saturated heterocycles. The number of rotatable bonds is 5. The smallest absolute Gasteiger partial charge is 0.272 e. The van der Waals surface area contributed by atoms with Crippen LogP contribution in [0.2, 0.25) is 0 Å². The predicted octanol–water partition coefficient (Wildman–Crippen LogP) is 3.72. The third-order valence-electron chi connectivity index (χ3n) is 5.26. The molecule has 27 heavy (non-hydrogen) atoms. The average Bonchev–Trinajstić information content (AvgIpc) is 2.72. The van der Waals surface area contributed by atoms with Crippen molar-refractivity contribution in [1.29, 1.82) is 0 Å². The normalized spacial score (nSPS) is 16.8. The van der Waals surface area contributed by atoms with Gasteiger partial charge in [-0.1, -0.05) is 37.3 Å². The predicted molar refractivity (Wildman–Crippen MR) is 106 cm³/mol. The summed E-state index contributed by atoms with van der Waals surface area (Å²) in [7, 11) is 0. The van der Waals surface area contributed by atoms with Gasteiger partial charge in [0, 0.05) is 19.1 Å². The van der Waals surface area contributed by atoms with Crippen LogP contribution in [0.5, 0.6) is 0 Å². The molecule has 1 aliphatic rings. The van der Waals surface area contributed by atoms with Crippen LogP contribution in [0, 0.1) is 6.92 Å². The van der Waals surface area contributed by atoms with Crippen molar-refractivity contribution >= 4 is 11.8 Å². The molecule has 1 unspecified atom stereocenters.